The normalized spacial score (nSPS) is 11.2. The van der Waals surface area contributed by atoms with Crippen molar-refractivity contribution in [3.8, 4) is 5.69 Å². The summed E-state index contributed by atoms with van der Waals surface area (Å²) in [4.78, 5) is 27.1. The number of ether oxygens (including phenoxy) is 1. The van der Waals surface area contributed by atoms with E-state index in [1.54, 1.807) is 34.7 Å². The molecule has 2 amide bonds. The summed E-state index contributed by atoms with van der Waals surface area (Å²) in [6, 6.07) is 13.2. The highest BCUT2D eigenvalue weighted by Gasteiger charge is 2.22. The number of aromatic nitrogens is 2. The molecule has 1 N–H and O–H groups in total. The minimum absolute atomic E-state index is 0.287. The zero-order valence-corrected chi connectivity index (χ0v) is 19.6. The van der Waals surface area contributed by atoms with Crippen molar-refractivity contribution in [3.05, 3.63) is 77.4 Å². The standard InChI is InChI=1S/C25H29FN4O3/c1-6-29(24(32)33-25(3,4)5)16-18-9-7-8-10-22(18)28-23(31)21-15-27-30(17(21)2)20-13-11-19(26)12-14-20/h7-15H,6,16H2,1-5H3,(H,28,31). The van der Waals surface area contributed by atoms with Crippen LogP contribution < -0.4 is 5.32 Å². The van der Waals surface area contributed by atoms with Crippen LogP contribution in [-0.4, -0.2) is 38.8 Å². The smallest absolute Gasteiger partial charge is 0.410 e. The molecular weight excluding hydrogens is 423 g/mol. The van der Waals surface area contributed by atoms with Crippen molar-refractivity contribution < 1.29 is 18.7 Å². The second-order valence-electron chi connectivity index (χ2n) is 8.64. The third-order valence-corrected chi connectivity index (χ3v) is 4.99. The Morgan fingerprint density at radius 1 is 1.12 bits per heavy atom. The van der Waals surface area contributed by atoms with Gasteiger partial charge in [-0.05, 0) is 70.5 Å². The van der Waals surface area contributed by atoms with Crippen molar-refractivity contribution >= 4 is 17.7 Å². The molecule has 0 fully saturated rings. The van der Waals surface area contributed by atoms with Crippen molar-refractivity contribution in [2.45, 2.75) is 46.8 Å². The lowest BCUT2D eigenvalue weighted by Crippen LogP contribution is -2.36. The van der Waals surface area contributed by atoms with Gasteiger partial charge < -0.3 is 15.0 Å². The number of hydrogen-bond acceptors (Lipinski definition) is 4. The number of amides is 2. The number of carbonyl (C=O) groups is 2. The van der Waals surface area contributed by atoms with E-state index >= 15 is 0 Å². The van der Waals surface area contributed by atoms with E-state index in [2.05, 4.69) is 10.4 Å². The predicted molar refractivity (Wildman–Crippen MR) is 125 cm³/mol. The molecule has 0 saturated carbocycles. The molecule has 0 saturated heterocycles. The zero-order valence-electron chi connectivity index (χ0n) is 19.6. The average Bonchev–Trinajstić information content (AvgIpc) is 3.13. The van der Waals surface area contributed by atoms with Gasteiger partial charge >= 0.3 is 6.09 Å². The molecule has 8 heteroatoms. The first-order chi connectivity index (χ1) is 15.6. The van der Waals surface area contributed by atoms with Crippen LogP contribution in [0.3, 0.4) is 0 Å². The summed E-state index contributed by atoms with van der Waals surface area (Å²) >= 11 is 0. The number of nitrogens with zero attached hydrogens (tertiary/aromatic N) is 3. The molecule has 1 aromatic heterocycles. The van der Waals surface area contributed by atoms with Gasteiger partial charge in [0.15, 0.2) is 0 Å². The third kappa shape index (κ3) is 5.97. The number of halogens is 1. The van der Waals surface area contributed by atoms with Gasteiger partial charge in [-0.3, -0.25) is 4.79 Å². The molecule has 7 nitrogen and oxygen atoms in total. The third-order valence-electron chi connectivity index (χ3n) is 4.99. The Balaban J connectivity index is 1.79. The van der Waals surface area contributed by atoms with E-state index in [9.17, 15) is 14.0 Å². The summed E-state index contributed by atoms with van der Waals surface area (Å²) in [6.45, 7) is 9.86. The van der Waals surface area contributed by atoms with Gasteiger partial charge in [-0.2, -0.15) is 5.10 Å². The summed E-state index contributed by atoms with van der Waals surface area (Å²) in [6.07, 6.45) is 1.07. The summed E-state index contributed by atoms with van der Waals surface area (Å²) in [5.41, 5.74) is 2.46. The first kappa shape index (κ1) is 24.0. The number of hydrogen-bond donors (Lipinski definition) is 1. The van der Waals surface area contributed by atoms with Crippen LogP contribution in [0.25, 0.3) is 5.69 Å². The molecule has 0 spiro atoms. The van der Waals surface area contributed by atoms with Crippen LogP contribution in [-0.2, 0) is 11.3 Å². The van der Waals surface area contributed by atoms with Crippen molar-refractivity contribution in [1.29, 1.82) is 0 Å². The van der Waals surface area contributed by atoms with E-state index in [-0.39, 0.29) is 18.3 Å². The Labute approximate surface area is 193 Å². The van der Waals surface area contributed by atoms with Gasteiger partial charge in [0.05, 0.1) is 29.7 Å². The molecule has 0 atom stereocenters. The van der Waals surface area contributed by atoms with E-state index < -0.39 is 11.7 Å². The molecule has 0 unspecified atom stereocenters. The Bertz CT molecular complexity index is 1130. The molecule has 174 valence electrons. The van der Waals surface area contributed by atoms with E-state index in [4.69, 9.17) is 4.74 Å². The van der Waals surface area contributed by atoms with Gasteiger partial charge in [-0.15, -0.1) is 0 Å². The fourth-order valence-corrected chi connectivity index (χ4v) is 3.28. The molecule has 0 aliphatic rings. The molecule has 0 aliphatic heterocycles. The van der Waals surface area contributed by atoms with Crippen LogP contribution in [0, 0.1) is 12.7 Å². The second-order valence-corrected chi connectivity index (χ2v) is 8.64. The van der Waals surface area contributed by atoms with Gasteiger partial charge in [0.25, 0.3) is 5.91 Å². The first-order valence-corrected chi connectivity index (χ1v) is 10.8. The lowest BCUT2D eigenvalue weighted by atomic mass is 10.1. The first-order valence-electron chi connectivity index (χ1n) is 10.8. The van der Waals surface area contributed by atoms with Gasteiger partial charge in [0.1, 0.15) is 11.4 Å². The van der Waals surface area contributed by atoms with Crippen LogP contribution in [0.5, 0.6) is 0 Å². The molecule has 3 aromatic rings. The number of carbonyl (C=O) groups excluding carboxylic acids is 2. The minimum Gasteiger partial charge on any atom is -0.444 e. The number of benzene rings is 2. The molecule has 3 rings (SSSR count). The highest BCUT2D eigenvalue weighted by Crippen LogP contribution is 2.21. The SMILES string of the molecule is CCN(Cc1ccccc1NC(=O)c1cnn(-c2ccc(F)cc2)c1C)C(=O)OC(C)(C)C. The fourth-order valence-electron chi connectivity index (χ4n) is 3.28. The number of anilines is 1. The highest BCUT2D eigenvalue weighted by molar-refractivity contribution is 6.05. The lowest BCUT2D eigenvalue weighted by Gasteiger charge is -2.27. The Hall–Kier alpha value is -3.68. The van der Waals surface area contributed by atoms with Crippen molar-refractivity contribution in [2.75, 3.05) is 11.9 Å². The maximum absolute atomic E-state index is 13.2. The Morgan fingerprint density at radius 2 is 1.79 bits per heavy atom. The van der Waals surface area contributed by atoms with E-state index in [1.165, 1.54) is 18.3 Å². The maximum Gasteiger partial charge on any atom is 0.410 e. The molecule has 0 bridgehead atoms. The largest absolute Gasteiger partial charge is 0.444 e. The minimum atomic E-state index is -0.597. The predicted octanol–water partition coefficient (Wildman–Crippen LogP) is 5.33. The monoisotopic (exact) mass is 452 g/mol. The van der Waals surface area contributed by atoms with E-state index in [0.717, 1.165) is 5.56 Å². The molecule has 2 aromatic carbocycles. The summed E-state index contributed by atoms with van der Waals surface area (Å²) in [5, 5.41) is 7.21. The Kier molecular flexibility index (Phi) is 7.16. The van der Waals surface area contributed by atoms with E-state index in [1.807, 2.05) is 45.9 Å². The lowest BCUT2D eigenvalue weighted by molar-refractivity contribution is 0.0245. The van der Waals surface area contributed by atoms with Crippen LogP contribution >= 0.6 is 0 Å². The zero-order chi connectivity index (χ0) is 24.2. The van der Waals surface area contributed by atoms with Crippen molar-refractivity contribution in [1.82, 2.24) is 14.7 Å². The van der Waals surface area contributed by atoms with Gasteiger partial charge in [-0.25, -0.2) is 13.9 Å². The topological polar surface area (TPSA) is 76.5 Å². The van der Waals surface area contributed by atoms with Crippen LogP contribution in [0.2, 0.25) is 0 Å². The summed E-state index contributed by atoms with van der Waals surface area (Å²) in [5.74, 6) is -0.667. The van der Waals surface area contributed by atoms with Crippen molar-refractivity contribution in [3.63, 3.8) is 0 Å². The molecule has 0 radical (unpaired) electrons. The maximum atomic E-state index is 13.2. The fraction of sp³-hybridized carbons (Fsp3) is 0.320. The number of nitrogens with one attached hydrogen (secondary N) is 1. The number of rotatable bonds is 6. The highest BCUT2D eigenvalue weighted by atomic mass is 19.1. The summed E-state index contributed by atoms with van der Waals surface area (Å²) in [7, 11) is 0. The van der Waals surface area contributed by atoms with Crippen LogP contribution in [0.4, 0.5) is 14.9 Å². The average molecular weight is 453 g/mol. The van der Waals surface area contributed by atoms with E-state index in [0.29, 0.717) is 29.2 Å². The summed E-state index contributed by atoms with van der Waals surface area (Å²) < 4.78 is 20.3. The molecular formula is C25H29FN4O3. The Morgan fingerprint density at radius 3 is 2.42 bits per heavy atom. The number of para-hydroxylation sites is 1. The quantitative estimate of drug-likeness (QED) is 0.549. The van der Waals surface area contributed by atoms with Gasteiger partial charge in [-0.1, -0.05) is 18.2 Å². The van der Waals surface area contributed by atoms with Gasteiger partial charge in [0.2, 0.25) is 0 Å². The molecule has 33 heavy (non-hydrogen) atoms. The second kappa shape index (κ2) is 9.85. The van der Waals surface area contributed by atoms with Crippen LogP contribution in [0.15, 0.2) is 54.7 Å². The molecule has 0 aliphatic carbocycles. The van der Waals surface area contributed by atoms with Crippen molar-refractivity contribution in [2.24, 2.45) is 0 Å². The molecule has 1 heterocycles. The van der Waals surface area contributed by atoms with Crippen LogP contribution in [0.1, 0.15) is 49.3 Å². The van der Waals surface area contributed by atoms with Gasteiger partial charge in [0, 0.05) is 12.2 Å².